The highest BCUT2D eigenvalue weighted by Crippen LogP contribution is 2.26. The van der Waals surface area contributed by atoms with Gasteiger partial charge in [-0.05, 0) is 32.7 Å². The summed E-state index contributed by atoms with van der Waals surface area (Å²) in [7, 11) is 0. The minimum atomic E-state index is 0.291. The van der Waals surface area contributed by atoms with Crippen LogP contribution in [0.1, 0.15) is 32.0 Å². The van der Waals surface area contributed by atoms with Crippen molar-refractivity contribution >= 4 is 0 Å². The maximum atomic E-state index is 5.94. The van der Waals surface area contributed by atoms with Gasteiger partial charge in [0.05, 0.1) is 11.7 Å². The molecule has 1 aromatic rings. The zero-order valence-corrected chi connectivity index (χ0v) is 10.0. The molecule has 1 aromatic heterocycles. The first kappa shape index (κ1) is 11.5. The Morgan fingerprint density at radius 2 is 2.25 bits per heavy atom. The standard InChI is InChI=1S/C12H20N4/c1-9(13)11-3-6-16(8-11)10(2)12-7-14-4-5-15-12/h4-5,7,9-11H,3,6,8,13H2,1-2H3. The Kier molecular flexibility index (Phi) is 3.51. The highest BCUT2D eigenvalue weighted by molar-refractivity contribution is 5.02. The van der Waals surface area contributed by atoms with E-state index in [0.717, 1.165) is 18.8 Å². The quantitative estimate of drug-likeness (QED) is 0.832. The fourth-order valence-corrected chi connectivity index (χ4v) is 2.31. The lowest BCUT2D eigenvalue weighted by atomic mass is 10.0. The number of nitrogens with zero attached hydrogens (tertiary/aromatic N) is 3. The summed E-state index contributed by atoms with van der Waals surface area (Å²) in [5.41, 5.74) is 6.99. The van der Waals surface area contributed by atoms with E-state index in [1.165, 1.54) is 6.42 Å². The van der Waals surface area contributed by atoms with Crippen LogP contribution in [0.2, 0.25) is 0 Å². The summed E-state index contributed by atoms with van der Waals surface area (Å²) in [6.07, 6.45) is 6.52. The number of nitrogens with two attached hydrogens (primary N) is 1. The molecule has 2 N–H and O–H groups in total. The molecule has 0 saturated carbocycles. The molecule has 0 amide bonds. The van der Waals surface area contributed by atoms with Gasteiger partial charge in [-0.1, -0.05) is 0 Å². The van der Waals surface area contributed by atoms with E-state index < -0.39 is 0 Å². The first-order valence-corrected chi connectivity index (χ1v) is 5.94. The minimum Gasteiger partial charge on any atom is -0.328 e. The van der Waals surface area contributed by atoms with Crippen LogP contribution in [0.3, 0.4) is 0 Å². The van der Waals surface area contributed by atoms with Crippen LogP contribution in [0.25, 0.3) is 0 Å². The van der Waals surface area contributed by atoms with E-state index in [1.807, 2.05) is 6.20 Å². The van der Waals surface area contributed by atoms with Crippen molar-refractivity contribution in [3.05, 3.63) is 24.3 Å². The number of hydrogen-bond acceptors (Lipinski definition) is 4. The second kappa shape index (κ2) is 4.89. The van der Waals surface area contributed by atoms with Gasteiger partial charge in [-0.3, -0.25) is 14.9 Å². The van der Waals surface area contributed by atoms with Crippen LogP contribution in [0, 0.1) is 5.92 Å². The van der Waals surface area contributed by atoms with Gasteiger partial charge in [0, 0.05) is 31.2 Å². The third kappa shape index (κ3) is 2.39. The van der Waals surface area contributed by atoms with Crippen LogP contribution in [0.5, 0.6) is 0 Å². The summed E-state index contributed by atoms with van der Waals surface area (Å²) >= 11 is 0. The summed E-state index contributed by atoms with van der Waals surface area (Å²) in [4.78, 5) is 10.9. The molecule has 1 fully saturated rings. The largest absolute Gasteiger partial charge is 0.328 e. The summed E-state index contributed by atoms with van der Waals surface area (Å²) in [6, 6.07) is 0.636. The molecule has 3 unspecified atom stereocenters. The first-order valence-electron chi connectivity index (χ1n) is 5.94. The average Bonchev–Trinajstić information content (AvgIpc) is 2.78. The molecule has 0 bridgehead atoms. The van der Waals surface area contributed by atoms with Gasteiger partial charge in [0.15, 0.2) is 0 Å². The van der Waals surface area contributed by atoms with Crippen LogP contribution in [0.4, 0.5) is 0 Å². The van der Waals surface area contributed by atoms with Gasteiger partial charge in [0.1, 0.15) is 0 Å². The molecule has 0 radical (unpaired) electrons. The highest BCUT2D eigenvalue weighted by atomic mass is 15.2. The van der Waals surface area contributed by atoms with E-state index in [4.69, 9.17) is 5.73 Å². The molecule has 0 aliphatic carbocycles. The topological polar surface area (TPSA) is 55.0 Å². The lowest BCUT2D eigenvalue weighted by Crippen LogP contribution is -2.31. The lowest BCUT2D eigenvalue weighted by molar-refractivity contribution is 0.243. The Bertz CT molecular complexity index is 325. The molecule has 1 aliphatic rings. The van der Waals surface area contributed by atoms with Gasteiger partial charge in [0.25, 0.3) is 0 Å². The van der Waals surface area contributed by atoms with Gasteiger partial charge in [-0.25, -0.2) is 0 Å². The zero-order chi connectivity index (χ0) is 11.5. The number of aromatic nitrogens is 2. The SMILES string of the molecule is CC(N)C1CCN(C(C)c2cnccn2)C1. The van der Waals surface area contributed by atoms with Gasteiger partial charge in [-0.15, -0.1) is 0 Å². The molecule has 88 valence electrons. The number of hydrogen-bond donors (Lipinski definition) is 1. The fourth-order valence-electron chi connectivity index (χ4n) is 2.31. The molecule has 2 rings (SSSR count). The fraction of sp³-hybridized carbons (Fsp3) is 0.667. The molecule has 4 heteroatoms. The summed E-state index contributed by atoms with van der Waals surface area (Å²) < 4.78 is 0. The molecule has 4 nitrogen and oxygen atoms in total. The Morgan fingerprint density at radius 3 is 2.81 bits per heavy atom. The van der Waals surface area contributed by atoms with Gasteiger partial charge >= 0.3 is 0 Å². The molecule has 16 heavy (non-hydrogen) atoms. The van der Waals surface area contributed by atoms with Gasteiger partial charge in [-0.2, -0.15) is 0 Å². The van der Waals surface area contributed by atoms with Crippen LogP contribution >= 0.6 is 0 Å². The van der Waals surface area contributed by atoms with E-state index in [0.29, 0.717) is 18.0 Å². The summed E-state index contributed by atoms with van der Waals surface area (Å²) in [5.74, 6) is 0.624. The molecular formula is C12H20N4. The Hall–Kier alpha value is -1.00. The van der Waals surface area contributed by atoms with Crippen molar-refractivity contribution in [2.24, 2.45) is 11.7 Å². The predicted octanol–water partition coefficient (Wildman–Crippen LogP) is 1.21. The predicted molar refractivity (Wildman–Crippen MR) is 63.8 cm³/mol. The summed E-state index contributed by atoms with van der Waals surface area (Å²) in [5, 5.41) is 0. The highest BCUT2D eigenvalue weighted by Gasteiger charge is 2.29. The number of rotatable bonds is 3. The van der Waals surface area contributed by atoms with Crippen LogP contribution < -0.4 is 5.73 Å². The maximum Gasteiger partial charge on any atom is 0.0755 e. The van der Waals surface area contributed by atoms with Gasteiger partial charge in [0.2, 0.25) is 0 Å². The Labute approximate surface area is 96.9 Å². The smallest absolute Gasteiger partial charge is 0.0755 e. The monoisotopic (exact) mass is 220 g/mol. The third-order valence-corrected chi connectivity index (χ3v) is 3.56. The van der Waals surface area contributed by atoms with Crippen LogP contribution in [-0.2, 0) is 0 Å². The lowest BCUT2D eigenvalue weighted by Gasteiger charge is -2.24. The average molecular weight is 220 g/mol. The zero-order valence-electron chi connectivity index (χ0n) is 10.0. The van der Waals surface area contributed by atoms with Crippen LogP contribution in [0.15, 0.2) is 18.6 Å². The Morgan fingerprint density at radius 1 is 1.44 bits per heavy atom. The second-order valence-corrected chi connectivity index (χ2v) is 4.71. The second-order valence-electron chi connectivity index (χ2n) is 4.71. The molecule has 2 heterocycles. The normalized spacial score (nSPS) is 25.6. The van der Waals surface area contributed by atoms with Gasteiger partial charge < -0.3 is 5.73 Å². The minimum absolute atomic E-state index is 0.291. The van der Waals surface area contributed by atoms with E-state index in [1.54, 1.807) is 12.4 Å². The van der Waals surface area contributed by atoms with Crippen molar-refractivity contribution in [1.82, 2.24) is 14.9 Å². The molecule has 0 aromatic carbocycles. The third-order valence-electron chi connectivity index (χ3n) is 3.56. The van der Waals surface area contributed by atoms with Crippen molar-refractivity contribution in [3.63, 3.8) is 0 Å². The molecular weight excluding hydrogens is 200 g/mol. The van der Waals surface area contributed by atoms with E-state index in [-0.39, 0.29) is 0 Å². The molecule has 0 spiro atoms. The van der Waals surface area contributed by atoms with Crippen molar-refractivity contribution in [2.75, 3.05) is 13.1 Å². The van der Waals surface area contributed by atoms with Crippen molar-refractivity contribution in [3.8, 4) is 0 Å². The van der Waals surface area contributed by atoms with Crippen molar-refractivity contribution in [2.45, 2.75) is 32.4 Å². The van der Waals surface area contributed by atoms with Crippen LogP contribution in [-0.4, -0.2) is 34.0 Å². The van der Waals surface area contributed by atoms with E-state index >= 15 is 0 Å². The Balaban J connectivity index is 2.00. The number of likely N-dealkylation sites (tertiary alicyclic amines) is 1. The molecule has 3 atom stereocenters. The first-order chi connectivity index (χ1) is 7.68. The molecule has 1 aliphatic heterocycles. The van der Waals surface area contributed by atoms with Crippen molar-refractivity contribution in [1.29, 1.82) is 0 Å². The summed E-state index contributed by atoms with van der Waals surface area (Å²) in [6.45, 7) is 6.48. The van der Waals surface area contributed by atoms with E-state index in [2.05, 4.69) is 28.7 Å². The van der Waals surface area contributed by atoms with Crippen molar-refractivity contribution < 1.29 is 0 Å². The molecule has 1 saturated heterocycles. The maximum absolute atomic E-state index is 5.94. The van der Waals surface area contributed by atoms with E-state index in [9.17, 15) is 0 Å².